The largest absolute Gasteiger partial charge is 0.494 e. The summed E-state index contributed by atoms with van der Waals surface area (Å²) in [5, 5.41) is 18.6. The molecule has 0 aromatic heterocycles. The van der Waals surface area contributed by atoms with E-state index in [9.17, 15) is 15.0 Å². The summed E-state index contributed by atoms with van der Waals surface area (Å²) >= 11 is 0. The number of rotatable bonds is 9. The summed E-state index contributed by atoms with van der Waals surface area (Å²) in [6, 6.07) is 13.2. The van der Waals surface area contributed by atoms with Gasteiger partial charge in [0.2, 0.25) is 0 Å². The molecule has 2 aromatic carbocycles. The van der Waals surface area contributed by atoms with Crippen molar-refractivity contribution in [2.45, 2.75) is 26.1 Å². The van der Waals surface area contributed by atoms with Crippen molar-refractivity contribution in [3.05, 3.63) is 64.7 Å². The molecule has 0 heterocycles. The minimum Gasteiger partial charge on any atom is -0.494 e. The summed E-state index contributed by atoms with van der Waals surface area (Å²) in [6.07, 6.45) is 4.84. The highest BCUT2D eigenvalue weighted by molar-refractivity contribution is 5.70. The van der Waals surface area contributed by atoms with E-state index >= 15 is 0 Å². The van der Waals surface area contributed by atoms with Gasteiger partial charge < -0.3 is 19.7 Å². The van der Waals surface area contributed by atoms with Crippen LogP contribution >= 0.6 is 0 Å². The van der Waals surface area contributed by atoms with Gasteiger partial charge in [-0.1, -0.05) is 36.4 Å². The third-order valence-corrected chi connectivity index (χ3v) is 3.92. The molecule has 2 rings (SSSR count). The Bertz CT molecular complexity index is 752. The summed E-state index contributed by atoms with van der Waals surface area (Å²) in [7, 11) is 1.37. The van der Waals surface area contributed by atoms with Gasteiger partial charge in [0.15, 0.2) is 0 Å². The minimum absolute atomic E-state index is 0.0880. The molecule has 0 spiro atoms. The summed E-state index contributed by atoms with van der Waals surface area (Å²) in [5.74, 6) is 0.503. The van der Waals surface area contributed by atoms with Crippen molar-refractivity contribution < 1.29 is 24.5 Å². The number of aliphatic hydroxyl groups excluding tert-OH is 2. The van der Waals surface area contributed by atoms with Gasteiger partial charge in [0.1, 0.15) is 5.75 Å². The van der Waals surface area contributed by atoms with Crippen LogP contribution in [0.3, 0.4) is 0 Å². The monoisotopic (exact) mass is 356 g/mol. The zero-order valence-corrected chi connectivity index (χ0v) is 14.9. The van der Waals surface area contributed by atoms with Crippen LogP contribution in [-0.4, -0.2) is 29.9 Å². The highest BCUT2D eigenvalue weighted by Gasteiger charge is 2.02. The predicted molar refractivity (Wildman–Crippen MR) is 100 cm³/mol. The standard InChI is InChI=1S/C21H24O5/c1-25-21(24)6-3-11-26-20-5-2-4-16(13-20)7-8-17-9-10-18(14-22)19(12-17)15-23/h2,4-5,7-10,12-13,22-23H,3,6,11,14-15H2,1H3/b8-7+. The molecular weight excluding hydrogens is 332 g/mol. The van der Waals surface area contributed by atoms with Crippen LogP contribution in [0.2, 0.25) is 0 Å². The average Bonchev–Trinajstić information content (AvgIpc) is 2.69. The number of benzene rings is 2. The Labute approximate surface area is 153 Å². The maximum absolute atomic E-state index is 11.1. The molecule has 0 saturated heterocycles. The van der Waals surface area contributed by atoms with E-state index in [2.05, 4.69) is 4.74 Å². The van der Waals surface area contributed by atoms with Gasteiger partial charge in [-0.15, -0.1) is 0 Å². The predicted octanol–water partition coefficient (Wildman–Crippen LogP) is 3.17. The van der Waals surface area contributed by atoms with Crippen LogP contribution in [0.1, 0.15) is 35.1 Å². The average molecular weight is 356 g/mol. The second-order valence-corrected chi connectivity index (χ2v) is 5.78. The first-order valence-corrected chi connectivity index (χ1v) is 8.47. The smallest absolute Gasteiger partial charge is 0.305 e. The Balaban J connectivity index is 1.97. The second kappa shape index (κ2) is 10.4. The molecule has 0 radical (unpaired) electrons. The van der Waals surface area contributed by atoms with Crippen LogP contribution in [0.5, 0.6) is 5.75 Å². The van der Waals surface area contributed by atoms with E-state index in [-0.39, 0.29) is 19.2 Å². The van der Waals surface area contributed by atoms with Crippen LogP contribution in [0.4, 0.5) is 0 Å². The first-order chi connectivity index (χ1) is 12.7. The van der Waals surface area contributed by atoms with Gasteiger partial charge in [-0.25, -0.2) is 0 Å². The van der Waals surface area contributed by atoms with Gasteiger partial charge in [0, 0.05) is 6.42 Å². The Morgan fingerprint density at radius 2 is 1.73 bits per heavy atom. The lowest BCUT2D eigenvalue weighted by atomic mass is 10.0. The summed E-state index contributed by atoms with van der Waals surface area (Å²) in [5.41, 5.74) is 3.37. The third-order valence-electron chi connectivity index (χ3n) is 3.92. The molecule has 0 bridgehead atoms. The van der Waals surface area contributed by atoms with Gasteiger partial charge in [0.25, 0.3) is 0 Å². The van der Waals surface area contributed by atoms with Gasteiger partial charge in [0.05, 0.1) is 26.9 Å². The lowest BCUT2D eigenvalue weighted by molar-refractivity contribution is -0.140. The lowest BCUT2D eigenvalue weighted by Crippen LogP contribution is -2.04. The van der Waals surface area contributed by atoms with Crippen molar-refractivity contribution in [2.75, 3.05) is 13.7 Å². The summed E-state index contributed by atoms with van der Waals surface area (Å²) in [6.45, 7) is 0.256. The molecule has 5 heteroatoms. The highest BCUT2D eigenvalue weighted by atomic mass is 16.5. The molecular formula is C21H24O5. The molecule has 5 nitrogen and oxygen atoms in total. The third kappa shape index (κ3) is 6.02. The van der Waals surface area contributed by atoms with Crippen LogP contribution in [0.25, 0.3) is 12.2 Å². The quantitative estimate of drug-likeness (QED) is 0.410. The zero-order valence-electron chi connectivity index (χ0n) is 14.9. The molecule has 2 N–H and O–H groups in total. The fourth-order valence-electron chi connectivity index (χ4n) is 2.46. The molecule has 2 aromatic rings. The fraction of sp³-hybridized carbons (Fsp3) is 0.286. The van der Waals surface area contributed by atoms with Gasteiger partial charge in [-0.3, -0.25) is 4.79 Å². The molecule has 0 aliphatic carbocycles. The van der Waals surface area contributed by atoms with E-state index in [1.807, 2.05) is 54.6 Å². The summed E-state index contributed by atoms with van der Waals surface area (Å²) in [4.78, 5) is 11.1. The second-order valence-electron chi connectivity index (χ2n) is 5.78. The van der Waals surface area contributed by atoms with Crippen molar-refractivity contribution in [3.63, 3.8) is 0 Å². The Morgan fingerprint density at radius 1 is 1.00 bits per heavy atom. The molecule has 0 amide bonds. The number of ether oxygens (including phenoxy) is 2. The topological polar surface area (TPSA) is 76.0 Å². The van der Waals surface area contributed by atoms with Crippen molar-refractivity contribution in [2.24, 2.45) is 0 Å². The van der Waals surface area contributed by atoms with Gasteiger partial charge in [-0.05, 0) is 46.9 Å². The van der Waals surface area contributed by atoms with E-state index in [0.29, 0.717) is 19.4 Å². The van der Waals surface area contributed by atoms with Gasteiger partial charge >= 0.3 is 5.97 Å². The maximum atomic E-state index is 11.1. The molecule has 0 aliphatic rings. The SMILES string of the molecule is COC(=O)CCCOc1cccc(/C=C/c2ccc(CO)c(CO)c2)c1. The number of aliphatic hydroxyl groups is 2. The number of carbonyl (C=O) groups excluding carboxylic acids is 1. The summed E-state index contributed by atoms with van der Waals surface area (Å²) < 4.78 is 10.3. The Hall–Kier alpha value is -2.63. The molecule has 0 unspecified atom stereocenters. The number of hydrogen-bond acceptors (Lipinski definition) is 5. The number of methoxy groups -OCH3 is 1. The van der Waals surface area contributed by atoms with E-state index in [4.69, 9.17) is 4.74 Å². The lowest BCUT2D eigenvalue weighted by Gasteiger charge is -2.07. The molecule has 138 valence electrons. The molecule has 0 aliphatic heterocycles. The van der Waals surface area contributed by atoms with Crippen molar-refractivity contribution in [1.29, 1.82) is 0 Å². The van der Waals surface area contributed by atoms with Gasteiger partial charge in [-0.2, -0.15) is 0 Å². The zero-order chi connectivity index (χ0) is 18.8. The first kappa shape index (κ1) is 19.7. The van der Waals surface area contributed by atoms with E-state index in [1.54, 1.807) is 0 Å². The Kier molecular flexibility index (Phi) is 7.86. The van der Waals surface area contributed by atoms with Crippen LogP contribution in [-0.2, 0) is 22.7 Å². The van der Waals surface area contributed by atoms with E-state index in [0.717, 1.165) is 28.0 Å². The fourth-order valence-corrected chi connectivity index (χ4v) is 2.46. The van der Waals surface area contributed by atoms with E-state index < -0.39 is 0 Å². The van der Waals surface area contributed by atoms with Crippen molar-refractivity contribution in [3.8, 4) is 5.75 Å². The number of carbonyl (C=O) groups is 1. The van der Waals surface area contributed by atoms with Crippen LogP contribution in [0.15, 0.2) is 42.5 Å². The molecule has 0 fully saturated rings. The van der Waals surface area contributed by atoms with Crippen molar-refractivity contribution >= 4 is 18.1 Å². The maximum Gasteiger partial charge on any atom is 0.305 e. The number of esters is 1. The van der Waals surface area contributed by atoms with Crippen LogP contribution in [0, 0.1) is 0 Å². The minimum atomic E-state index is -0.236. The molecule has 0 saturated carbocycles. The van der Waals surface area contributed by atoms with Crippen molar-refractivity contribution in [1.82, 2.24) is 0 Å². The molecule has 26 heavy (non-hydrogen) atoms. The Morgan fingerprint density at radius 3 is 2.42 bits per heavy atom. The van der Waals surface area contributed by atoms with Crippen LogP contribution < -0.4 is 4.74 Å². The number of hydrogen-bond donors (Lipinski definition) is 2. The highest BCUT2D eigenvalue weighted by Crippen LogP contribution is 2.18. The normalized spacial score (nSPS) is 10.9. The molecule has 0 atom stereocenters. The van der Waals surface area contributed by atoms with E-state index in [1.165, 1.54) is 7.11 Å². The first-order valence-electron chi connectivity index (χ1n) is 8.47.